The van der Waals surface area contributed by atoms with E-state index in [-0.39, 0.29) is 25.2 Å². The molecule has 1 aromatic heterocycles. The number of aromatic nitrogens is 3. The second kappa shape index (κ2) is 9.91. The predicted octanol–water partition coefficient (Wildman–Crippen LogP) is 4.81. The number of nitrogens with zero attached hydrogens (tertiary/aromatic N) is 3. The molecule has 200 valence electrons. The number of aromatic amines is 1. The van der Waals surface area contributed by atoms with Crippen LogP contribution in [0.2, 0.25) is 0 Å². The van der Waals surface area contributed by atoms with E-state index in [1.807, 2.05) is 0 Å². The van der Waals surface area contributed by atoms with Crippen LogP contribution in [0.3, 0.4) is 0 Å². The number of aliphatic hydroxyl groups excluding tert-OH is 1. The van der Waals surface area contributed by atoms with Crippen LogP contribution in [0.1, 0.15) is 35.3 Å². The maximum absolute atomic E-state index is 13.7. The number of aliphatic hydroxyl groups is 1. The van der Waals surface area contributed by atoms with Gasteiger partial charge in [0.1, 0.15) is 23.8 Å². The number of hydrogen-bond donors (Lipinski definition) is 2. The number of rotatable bonds is 6. The largest absolute Gasteiger partial charge is 0.416 e. The summed E-state index contributed by atoms with van der Waals surface area (Å²) in [6, 6.07) is 6.19. The van der Waals surface area contributed by atoms with E-state index in [1.165, 1.54) is 30.6 Å². The second-order valence-electron chi connectivity index (χ2n) is 8.46. The van der Waals surface area contributed by atoms with Gasteiger partial charge in [-0.05, 0) is 48.4 Å². The molecule has 14 heteroatoms. The van der Waals surface area contributed by atoms with E-state index < -0.39 is 59.4 Å². The Kier molecular flexibility index (Phi) is 7.18. The fourth-order valence-electron chi connectivity index (χ4n) is 4.22. The molecule has 0 amide bonds. The molecule has 1 aliphatic heterocycles. The van der Waals surface area contributed by atoms with Crippen molar-refractivity contribution in [3.8, 4) is 0 Å². The summed E-state index contributed by atoms with van der Waals surface area (Å²) in [5, 5.41) is 16.5. The molecule has 1 fully saturated rings. The summed E-state index contributed by atoms with van der Waals surface area (Å²) in [4.78, 5) is 5.79. The third kappa shape index (κ3) is 5.40. The molecule has 0 saturated carbocycles. The smallest absolute Gasteiger partial charge is 0.393 e. The van der Waals surface area contributed by atoms with Crippen LogP contribution >= 0.6 is 0 Å². The van der Waals surface area contributed by atoms with Crippen molar-refractivity contribution >= 4 is 5.95 Å². The average Bonchev–Trinajstić information content (AvgIpc) is 3.37. The first-order valence-corrected chi connectivity index (χ1v) is 10.9. The first-order valence-electron chi connectivity index (χ1n) is 10.9. The van der Waals surface area contributed by atoms with E-state index in [4.69, 9.17) is 9.47 Å². The third-order valence-electron chi connectivity index (χ3n) is 6.13. The van der Waals surface area contributed by atoms with Gasteiger partial charge in [-0.15, -0.1) is 0 Å². The van der Waals surface area contributed by atoms with Gasteiger partial charge < -0.3 is 19.5 Å². The lowest BCUT2D eigenvalue weighted by molar-refractivity contribution is -0.225. The molecular weight excluding hydrogens is 513 g/mol. The van der Waals surface area contributed by atoms with Gasteiger partial charge in [0.2, 0.25) is 5.95 Å². The summed E-state index contributed by atoms with van der Waals surface area (Å²) in [6.45, 7) is 0.916. The molecule has 7 nitrogen and oxygen atoms in total. The number of hydrogen-bond acceptors (Lipinski definition) is 6. The quantitative estimate of drug-likeness (QED) is 0.442. The van der Waals surface area contributed by atoms with Gasteiger partial charge in [0.15, 0.2) is 6.29 Å². The third-order valence-corrected chi connectivity index (χ3v) is 6.13. The highest BCUT2D eigenvalue weighted by molar-refractivity contribution is 5.42. The molecule has 4 rings (SSSR count). The highest BCUT2D eigenvalue weighted by atomic mass is 19.4. The monoisotopic (exact) mass is 534 g/mol. The van der Waals surface area contributed by atoms with Crippen LogP contribution in [0.4, 0.5) is 36.7 Å². The Hall–Kier alpha value is -3.23. The van der Waals surface area contributed by atoms with Crippen molar-refractivity contribution in [1.82, 2.24) is 15.2 Å². The molecule has 0 spiro atoms. The molecule has 2 heterocycles. The Labute approximate surface area is 205 Å². The molecular formula is C23H21F7N4O3. The normalized spacial score (nSPS) is 21.8. The topological polar surface area (TPSA) is 83.5 Å². The Bertz CT molecular complexity index is 1170. The minimum absolute atomic E-state index is 0.0106. The molecule has 3 aromatic rings. The van der Waals surface area contributed by atoms with Gasteiger partial charge in [-0.1, -0.05) is 12.1 Å². The van der Waals surface area contributed by atoms with Crippen molar-refractivity contribution in [2.45, 2.75) is 37.2 Å². The lowest BCUT2D eigenvalue weighted by atomic mass is 9.87. The Morgan fingerprint density at radius 1 is 1.11 bits per heavy atom. The number of alkyl halides is 6. The standard InChI is InChI=1S/C23H21F7N4O3/c1-21(14-2-4-17(24)5-3-14)19(36-7-6-34(21)20-31-12-32-33-20)37-18(11-35)13-8-15(22(25,26)27)10-16(9-13)23(28,29)30/h2-5,8-10,12,18-19,35H,6-7,11H2,1H3,(H,31,32,33)/t18-,19-,21-/m1/s1. The minimum atomic E-state index is -5.08. The highest BCUT2D eigenvalue weighted by Gasteiger charge is 2.48. The van der Waals surface area contributed by atoms with Gasteiger partial charge in [-0.3, -0.25) is 0 Å². The van der Waals surface area contributed by atoms with Gasteiger partial charge in [-0.25, -0.2) is 9.49 Å². The van der Waals surface area contributed by atoms with Crippen LogP contribution in [0.25, 0.3) is 0 Å². The lowest BCUT2D eigenvalue weighted by Gasteiger charge is -2.49. The molecule has 3 atom stereocenters. The van der Waals surface area contributed by atoms with Gasteiger partial charge >= 0.3 is 12.4 Å². The van der Waals surface area contributed by atoms with Gasteiger partial charge in [0.25, 0.3) is 0 Å². The maximum atomic E-state index is 13.7. The number of anilines is 1. The van der Waals surface area contributed by atoms with E-state index in [9.17, 15) is 35.8 Å². The summed E-state index contributed by atoms with van der Waals surface area (Å²) in [5.74, 6) is -0.271. The zero-order valence-corrected chi connectivity index (χ0v) is 19.1. The van der Waals surface area contributed by atoms with E-state index in [0.29, 0.717) is 17.7 Å². The molecule has 2 N–H and O–H groups in total. The number of ether oxygens (including phenoxy) is 2. The first-order chi connectivity index (χ1) is 17.3. The SMILES string of the molecule is C[C@@]1(c2ccc(F)cc2)[C@@H](O[C@H](CO)c2cc(C(F)(F)F)cc(C(F)(F)F)c2)OCCN1c1ncn[nH]1. The van der Waals surface area contributed by atoms with Gasteiger partial charge in [-0.2, -0.15) is 36.4 Å². The van der Waals surface area contributed by atoms with Crippen molar-refractivity contribution in [1.29, 1.82) is 0 Å². The van der Waals surface area contributed by atoms with Gasteiger partial charge in [0.05, 0.1) is 24.3 Å². The molecule has 37 heavy (non-hydrogen) atoms. The molecule has 2 aromatic carbocycles. The van der Waals surface area contributed by atoms with Crippen LogP contribution in [0, 0.1) is 5.82 Å². The first kappa shape index (κ1) is 26.8. The summed E-state index contributed by atoms with van der Waals surface area (Å²) in [5.41, 5.74) is -4.53. The maximum Gasteiger partial charge on any atom is 0.416 e. The van der Waals surface area contributed by atoms with Crippen LogP contribution in [-0.2, 0) is 27.4 Å². The Morgan fingerprint density at radius 2 is 1.73 bits per heavy atom. The molecule has 0 unspecified atom stereocenters. The van der Waals surface area contributed by atoms with Gasteiger partial charge in [0, 0.05) is 6.54 Å². The average molecular weight is 534 g/mol. The molecule has 0 radical (unpaired) electrons. The Morgan fingerprint density at radius 3 is 2.24 bits per heavy atom. The van der Waals surface area contributed by atoms with Crippen LogP contribution in [0.15, 0.2) is 48.8 Å². The van der Waals surface area contributed by atoms with Crippen molar-refractivity contribution < 1.29 is 45.3 Å². The van der Waals surface area contributed by atoms with Crippen LogP contribution in [-0.4, -0.2) is 46.3 Å². The van der Waals surface area contributed by atoms with E-state index in [1.54, 1.807) is 11.8 Å². The summed E-state index contributed by atoms with van der Waals surface area (Å²) >= 11 is 0. The lowest BCUT2D eigenvalue weighted by Crippen LogP contribution is -2.60. The number of nitrogens with one attached hydrogen (secondary N) is 1. The van der Waals surface area contributed by atoms with E-state index >= 15 is 0 Å². The fourth-order valence-corrected chi connectivity index (χ4v) is 4.22. The highest BCUT2D eigenvalue weighted by Crippen LogP contribution is 2.42. The second-order valence-corrected chi connectivity index (χ2v) is 8.46. The minimum Gasteiger partial charge on any atom is -0.393 e. The molecule has 0 bridgehead atoms. The van der Waals surface area contributed by atoms with E-state index in [0.717, 1.165) is 0 Å². The summed E-state index contributed by atoms with van der Waals surface area (Å²) < 4.78 is 106. The van der Waals surface area contributed by atoms with Crippen molar-refractivity contribution in [3.05, 3.63) is 76.9 Å². The zero-order chi connectivity index (χ0) is 27.0. The van der Waals surface area contributed by atoms with E-state index in [2.05, 4.69) is 15.2 Å². The predicted molar refractivity (Wildman–Crippen MR) is 115 cm³/mol. The molecule has 1 saturated heterocycles. The summed E-state index contributed by atoms with van der Waals surface area (Å²) in [7, 11) is 0. The number of benzene rings is 2. The summed E-state index contributed by atoms with van der Waals surface area (Å²) in [6.07, 6.45) is -11.9. The van der Waals surface area contributed by atoms with Crippen LogP contribution < -0.4 is 4.90 Å². The Balaban J connectivity index is 1.77. The zero-order valence-electron chi connectivity index (χ0n) is 19.1. The number of halogens is 7. The molecule has 0 aliphatic carbocycles. The van der Waals surface area contributed by atoms with Crippen LogP contribution in [0.5, 0.6) is 0 Å². The number of morpholine rings is 1. The fraction of sp³-hybridized carbons (Fsp3) is 0.391. The molecule has 1 aliphatic rings. The van der Waals surface area contributed by atoms with Crippen molar-refractivity contribution in [2.75, 3.05) is 24.7 Å². The van der Waals surface area contributed by atoms with Crippen molar-refractivity contribution in [3.63, 3.8) is 0 Å². The van der Waals surface area contributed by atoms with Crippen molar-refractivity contribution in [2.24, 2.45) is 0 Å². The number of H-pyrrole nitrogens is 1.